The van der Waals surface area contributed by atoms with Gasteiger partial charge in [-0.1, -0.05) is 72.8 Å². The van der Waals surface area contributed by atoms with Crippen LogP contribution in [0.15, 0.2) is 131 Å². The average molecular weight is 489 g/mol. The van der Waals surface area contributed by atoms with Crippen LogP contribution in [-0.4, -0.2) is 9.97 Å². The molecule has 38 heavy (non-hydrogen) atoms. The Kier molecular flexibility index (Phi) is 4.49. The van der Waals surface area contributed by atoms with Crippen LogP contribution in [0.5, 0.6) is 0 Å². The van der Waals surface area contributed by atoms with E-state index in [-0.39, 0.29) is 0 Å². The summed E-state index contributed by atoms with van der Waals surface area (Å²) in [6.07, 6.45) is 6.26. The van der Waals surface area contributed by atoms with Crippen molar-refractivity contribution in [2.75, 3.05) is 0 Å². The summed E-state index contributed by atoms with van der Waals surface area (Å²) in [5.41, 5.74) is 8.55. The van der Waals surface area contributed by atoms with E-state index in [0.29, 0.717) is 0 Å². The fourth-order valence-electron chi connectivity index (χ4n) is 5.55. The molecule has 6 aromatic carbocycles. The van der Waals surface area contributed by atoms with Crippen molar-refractivity contribution in [2.24, 2.45) is 0 Å². The number of hydrogen-bond donors (Lipinski definition) is 0. The third-order valence-corrected chi connectivity index (χ3v) is 7.43. The molecule has 2 aromatic heterocycles. The second-order valence-corrected chi connectivity index (χ2v) is 9.63. The Morgan fingerprint density at radius 1 is 0.368 bits per heavy atom. The molecule has 0 radical (unpaired) electrons. The lowest BCUT2D eigenvalue weighted by Gasteiger charge is -2.15. The van der Waals surface area contributed by atoms with Gasteiger partial charge in [0.05, 0.1) is 0 Å². The first-order chi connectivity index (χ1) is 18.8. The molecule has 0 fully saturated rings. The van der Waals surface area contributed by atoms with Crippen molar-refractivity contribution in [2.45, 2.75) is 0 Å². The number of aromatic nitrogens is 2. The summed E-state index contributed by atoms with van der Waals surface area (Å²) in [5, 5.41) is 7.63. The smallest absolute Gasteiger partial charge is 0.181 e. The van der Waals surface area contributed by atoms with Gasteiger partial charge >= 0.3 is 0 Å². The summed E-state index contributed by atoms with van der Waals surface area (Å²) in [5.74, 6) is 0. The van der Waals surface area contributed by atoms with E-state index in [1.807, 2.05) is 0 Å². The monoisotopic (exact) mass is 488 g/mol. The molecule has 0 amide bonds. The van der Waals surface area contributed by atoms with Crippen LogP contribution in [0.2, 0.25) is 0 Å². The van der Waals surface area contributed by atoms with Crippen molar-refractivity contribution < 1.29 is 8.83 Å². The Balaban J connectivity index is 1.21. The zero-order valence-corrected chi connectivity index (χ0v) is 20.3. The van der Waals surface area contributed by atoms with Gasteiger partial charge in [0.2, 0.25) is 0 Å². The summed E-state index contributed by atoms with van der Waals surface area (Å²) >= 11 is 0. The highest BCUT2D eigenvalue weighted by Gasteiger charge is 2.13. The Hall–Kier alpha value is -5.22. The normalized spacial score (nSPS) is 11.7. The van der Waals surface area contributed by atoms with Gasteiger partial charge in [-0.3, -0.25) is 0 Å². The van der Waals surface area contributed by atoms with Crippen LogP contribution in [0.1, 0.15) is 0 Å². The molecule has 0 aliphatic heterocycles. The summed E-state index contributed by atoms with van der Waals surface area (Å²) in [6, 6.07) is 35.1. The third-order valence-electron chi connectivity index (χ3n) is 7.43. The highest BCUT2D eigenvalue weighted by Crippen LogP contribution is 2.40. The maximum absolute atomic E-state index is 5.13. The number of oxazole rings is 2. The van der Waals surface area contributed by atoms with E-state index in [1.54, 1.807) is 12.5 Å². The summed E-state index contributed by atoms with van der Waals surface area (Å²) < 4.78 is 10.3. The molecule has 8 aromatic rings. The first kappa shape index (κ1) is 20.9. The molecule has 0 unspecified atom stereocenters. The second kappa shape index (κ2) is 8.15. The molecule has 0 atom stereocenters. The molecule has 0 N–H and O–H groups in total. The topological polar surface area (TPSA) is 52.1 Å². The molecule has 178 valence electrons. The van der Waals surface area contributed by atoms with Crippen molar-refractivity contribution in [1.82, 2.24) is 9.97 Å². The molecule has 4 nitrogen and oxygen atoms in total. The minimum Gasteiger partial charge on any atom is -0.451 e. The molecule has 4 heteroatoms. The first-order valence-electron chi connectivity index (χ1n) is 12.5. The van der Waals surface area contributed by atoms with Crippen molar-refractivity contribution in [3.63, 3.8) is 0 Å². The van der Waals surface area contributed by atoms with Crippen molar-refractivity contribution >= 4 is 32.3 Å². The van der Waals surface area contributed by atoms with E-state index >= 15 is 0 Å². The zero-order valence-electron chi connectivity index (χ0n) is 20.3. The number of nitrogens with zero attached hydrogens (tertiary/aromatic N) is 2. The molecule has 0 saturated heterocycles. The first-order valence-corrected chi connectivity index (χ1v) is 12.5. The van der Waals surface area contributed by atoms with E-state index in [2.05, 4.69) is 107 Å². The van der Waals surface area contributed by atoms with Crippen LogP contribution >= 0.6 is 0 Å². The quantitative estimate of drug-likeness (QED) is 0.232. The average Bonchev–Trinajstić information content (AvgIpc) is 3.71. The Labute approximate surface area is 218 Å². The molecule has 0 bridgehead atoms. The fraction of sp³-hybridized carbons (Fsp3) is 0. The van der Waals surface area contributed by atoms with Gasteiger partial charge in [-0.15, -0.1) is 0 Å². The second-order valence-electron chi connectivity index (χ2n) is 9.63. The van der Waals surface area contributed by atoms with Crippen LogP contribution in [0.25, 0.3) is 77.1 Å². The Morgan fingerprint density at radius 3 is 1.03 bits per heavy atom. The van der Waals surface area contributed by atoms with Crippen LogP contribution in [0.3, 0.4) is 0 Å². The van der Waals surface area contributed by atoms with Crippen molar-refractivity contribution in [1.29, 1.82) is 0 Å². The van der Waals surface area contributed by atoms with Crippen LogP contribution < -0.4 is 0 Å². The lowest BCUT2D eigenvalue weighted by Crippen LogP contribution is -1.88. The number of hydrogen-bond acceptors (Lipinski definition) is 4. The van der Waals surface area contributed by atoms with Gasteiger partial charge < -0.3 is 8.83 Å². The van der Waals surface area contributed by atoms with Crippen molar-refractivity contribution in [3.05, 3.63) is 122 Å². The van der Waals surface area contributed by atoms with Crippen LogP contribution in [0, 0.1) is 0 Å². The molecule has 0 aliphatic rings. The zero-order chi connectivity index (χ0) is 25.1. The minimum absolute atomic E-state index is 0.845. The van der Waals surface area contributed by atoms with Crippen LogP contribution in [-0.2, 0) is 0 Å². The van der Waals surface area contributed by atoms with E-state index < -0.39 is 0 Å². The number of rotatable bonds is 4. The SMILES string of the molecule is c1nc(-c2ccc(-c3cc4ccc5cc(-c6ccc(-c7cocn7)cc6)cc6ccc(c3)c4c56)cc2)co1. The molecular formula is C34H20N2O2. The van der Waals surface area contributed by atoms with Crippen molar-refractivity contribution in [3.8, 4) is 44.8 Å². The summed E-state index contributed by atoms with van der Waals surface area (Å²) in [4.78, 5) is 8.50. The Bertz CT molecular complexity index is 1820. The predicted octanol–water partition coefficient (Wildman–Crippen LogP) is 9.23. The molecule has 8 rings (SSSR count). The minimum atomic E-state index is 0.845. The fourth-order valence-corrected chi connectivity index (χ4v) is 5.55. The number of benzene rings is 6. The van der Waals surface area contributed by atoms with Crippen LogP contribution in [0.4, 0.5) is 0 Å². The molecule has 0 aliphatic carbocycles. The van der Waals surface area contributed by atoms with Gasteiger partial charge in [-0.25, -0.2) is 9.97 Å². The lowest BCUT2D eigenvalue weighted by atomic mass is 9.89. The van der Waals surface area contributed by atoms with E-state index in [0.717, 1.165) is 22.5 Å². The predicted molar refractivity (Wildman–Crippen MR) is 152 cm³/mol. The summed E-state index contributed by atoms with van der Waals surface area (Å²) in [7, 11) is 0. The highest BCUT2D eigenvalue weighted by atomic mass is 16.3. The third kappa shape index (κ3) is 3.31. The van der Waals surface area contributed by atoms with Gasteiger partial charge in [0.25, 0.3) is 0 Å². The van der Waals surface area contributed by atoms with Gasteiger partial charge in [0, 0.05) is 11.1 Å². The van der Waals surface area contributed by atoms with Gasteiger partial charge in [0.1, 0.15) is 23.9 Å². The highest BCUT2D eigenvalue weighted by molar-refractivity contribution is 6.24. The van der Waals surface area contributed by atoms with E-state index in [9.17, 15) is 0 Å². The maximum atomic E-state index is 5.13. The largest absolute Gasteiger partial charge is 0.451 e. The summed E-state index contributed by atoms with van der Waals surface area (Å²) in [6.45, 7) is 0. The lowest BCUT2D eigenvalue weighted by molar-refractivity contribution is 0.558. The van der Waals surface area contributed by atoms with E-state index in [1.165, 1.54) is 67.4 Å². The molecular weight excluding hydrogens is 468 g/mol. The Morgan fingerprint density at radius 2 is 0.711 bits per heavy atom. The van der Waals surface area contributed by atoms with Gasteiger partial charge in [0.15, 0.2) is 12.8 Å². The standard InChI is InChI=1S/C34H20N2O2/c1-5-23(31-17-37-19-35-31)6-2-21(1)29-13-25-9-11-27-15-30(16-28-12-10-26(14-29)33(25)34(27)28)22-3-7-24(8-4-22)32-18-38-20-36-32/h1-20H. The van der Waals surface area contributed by atoms with E-state index in [4.69, 9.17) is 8.83 Å². The molecule has 0 spiro atoms. The van der Waals surface area contributed by atoms with Gasteiger partial charge in [-0.2, -0.15) is 0 Å². The van der Waals surface area contributed by atoms with Gasteiger partial charge in [-0.05, 0) is 78.8 Å². The molecule has 2 heterocycles. The maximum Gasteiger partial charge on any atom is 0.181 e. The molecule has 0 saturated carbocycles.